The molecular formula is C26H25BrN4O7S. The van der Waals surface area contributed by atoms with Crippen molar-refractivity contribution < 1.29 is 28.7 Å². The third kappa shape index (κ3) is 6.32. The summed E-state index contributed by atoms with van der Waals surface area (Å²) in [4.78, 5) is 23.2. The molecule has 0 aliphatic heterocycles. The molecule has 4 rings (SSSR count). The molecule has 0 aliphatic carbocycles. The summed E-state index contributed by atoms with van der Waals surface area (Å²) < 4.78 is 23.5. The van der Waals surface area contributed by atoms with E-state index in [0.29, 0.717) is 45.1 Å². The topological polar surface area (TPSA) is 128 Å². The number of nitro groups is 1. The SMILES string of the molecule is Br.COc1ccc(-n2c(SCC(=O)c3ccc([N+](=O)[O-])cc3)nnc2-c2cc(OC)c(OC)c(OC)c2)cc1. The molecule has 0 fully saturated rings. The van der Waals surface area contributed by atoms with Gasteiger partial charge in [-0.3, -0.25) is 19.5 Å². The molecule has 3 aromatic carbocycles. The first-order valence-electron chi connectivity index (χ1n) is 11.2. The third-order valence-corrected chi connectivity index (χ3v) is 6.55. The number of non-ortho nitro benzene ring substituents is 1. The summed E-state index contributed by atoms with van der Waals surface area (Å²) in [5.74, 6) is 2.35. The zero-order valence-electron chi connectivity index (χ0n) is 21.4. The molecule has 0 radical (unpaired) electrons. The highest BCUT2D eigenvalue weighted by Gasteiger charge is 2.22. The van der Waals surface area contributed by atoms with Gasteiger partial charge in [0, 0.05) is 28.9 Å². The van der Waals surface area contributed by atoms with Gasteiger partial charge in [0.2, 0.25) is 5.75 Å². The van der Waals surface area contributed by atoms with Crippen LogP contribution in [-0.4, -0.2) is 59.7 Å². The van der Waals surface area contributed by atoms with E-state index in [1.54, 1.807) is 19.2 Å². The Morgan fingerprint density at radius 2 is 1.51 bits per heavy atom. The monoisotopic (exact) mass is 616 g/mol. The Kier molecular flexibility index (Phi) is 9.90. The second-order valence-corrected chi connectivity index (χ2v) is 8.71. The number of nitrogens with zero attached hydrogens (tertiary/aromatic N) is 4. The lowest BCUT2D eigenvalue weighted by molar-refractivity contribution is -0.384. The minimum absolute atomic E-state index is 0. The molecule has 13 heteroatoms. The van der Waals surface area contributed by atoms with E-state index in [0.717, 1.165) is 5.69 Å². The minimum atomic E-state index is -0.509. The Morgan fingerprint density at radius 1 is 0.897 bits per heavy atom. The summed E-state index contributed by atoms with van der Waals surface area (Å²) >= 11 is 1.20. The van der Waals surface area contributed by atoms with E-state index >= 15 is 0 Å². The van der Waals surface area contributed by atoms with Crippen LogP contribution in [0.3, 0.4) is 0 Å². The molecule has 0 unspecified atom stereocenters. The average molecular weight is 617 g/mol. The number of aromatic nitrogens is 3. The first-order valence-corrected chi connectivity index (χ1v) is 12.2. The summed E-state index contributed by atoms with van der Waals surface area (Å²) in [7, 11) is 6.16. The maximum atomic E-state index is 12.8. The van der Waals surface area contributed by atoms with Gasteiger partial charge in [0.1, 0.15) is 5.75 Å². The summed E-state index contributed by atoms with van der Waals surface area (Å²) in [5, 5.41) is 20.2. The summed E-state index contributed by atoms with van der Waals surface area (Å²) in [5.41, 5.74) is 1.67. The van der Waals surface area contributed by atoms with Crippen molar-refractivity contribution in [2.24, 2.45) is 0 Å². The van der Waals surface area contributed by atoms with Crippen LogP contribution < -0.4 is 18.9 Å². The maximum absolute atomic E-state index is 12.8. The number of Topliss-reactive ketones (excluding diaryl/α,β-unsaturated/α-hetero) is 1. The third-order valence-electron chi connectivity index (χ3n) is 5.62. The Balaban J connectivity index is 0.00000420. The molecule has 0 saturated heterocycles. The predicted octanol–water partition coefficient (Wildman–Crippen LogP) is 5.43. The molecule has 1 heterocycles. The number of ether oxygens (including phenoxy) is 4. The molecular weight excluding hydrogens is 592 g/mol. The van der Waals surface area contributed by atoms with Crippen molar-refractivity contribution in [1.29, 1.82) is 0 Å². The molecule has 0 bridgehead atoms. The second-order valence-electron chi connectivity index (χ2n) is 7.77. The van der Waals surface area contributed by atoms with E-state index in [9.17, 15) is 14.9 Å². The van der Waals surface area contributed by atoms with Gasteiger partial charge in [0.15, 0.2) is 28.3 Å². The number of ketones is 1. The van der Waals surface area contributed by atoms with Crippen molar-refractivity contribution in [1.82, 2.24) is 14.8 Å². The van der Waals surface area contributed by atoms with Gasteiger partial charge in [-0.15, -0.1) is 27.2 Å². The molecule has 0 saturated carbocycles. The van der Waals surface area contributed by atoms with Crippen LogP contribution in [0.2, 0.25) is 0 Å². The van der Waals surface area contributed by atoms with Crippen LogP contribution >= 0.6 is 28.7 Å². The number of methoxy groups -OCH3 is 4. The van der Waals surface area contributed by atoms with Gasteiger partial charge in [-0.2, -0.15) is 0 Å². The predicted molar refractivity (Wildman–Crippen MR) is 151 cm³/mol. The lowest BCUT2D eigenvalue weighted by atomic mass is 10.1. The van der Waals surface area contributed by atoms with Crippen LogP contribution in [-0.2, 0) is 0 Å². The normalized spacial score (nSPS) is 10.4. The molecule has 0 amide bonds. The van der Waals surface area contributed by atoms with E-state index < -0.39 is 4.92 Å². The Morgan fingerprint density at radius 3 is 2.03 bits per heavy atom. The molecule has 4 aromatic rings. The minimum Gasteiger partial charge on any atom is -0.497 e. The lowest BCUT2D eigenvalue weighted by Gasteiger charge is -2.15. The number of hydrogen-bond acceptors (Lipinski definition) is 10. The largest absolute Gasteiger partial charge is 0.497 e. The van der Waals surface area contributed by atoms with Crippen molar-refractivity contribution in [3.05, 3.63) is 76.3 Å². The molecule has 39 heavy (non-hydrogen) atoms. The fourth-order valence-corrected chi connectivity index (χ4v) is 4.55. The van der Waals surface area contributed by atoms with Gasteiger partial charge in [-0.25, -0.2) is 0 Å². The lowest BCUT2D eigenvalue weighted by Crippen LogP contribution is -2.05. The summed E-state index contributed by atoms with van der Waals surface area (Å²) in [6, 6.07) is 16.4. The van der Waals surface area contributed by atoms with E-state index in [1.165, 1.54) is 57.4 Å². The zero-order valence-corrected chi connectivity index (χ0v) is 24.0. The van der Waals surface area contributed by atoms with E-state index in [4.69, 9.17) is 18.9 Å². The highest BCUT2D eigenvalue weighted by atomic mass is 79.9. The molecule has 0 atom stereocenters. The van der Waals surface area contributed by atoms with Crippen molar-refractivity contribution in [2.45, 2.75) is 5.16 Å². The van der Waals surface area contributed by atoms with Gasteiger partial charge < -0.3 is 18.9 Å². The van der Waals surface area contributed by atoms with Gasteiger partial charge >= 0.3 is 0 Å². The quantitative estimate of drug-likeness (QED) is 0.0930. The van der Waals surface area contributed by atoms with E-state index in [1.807, 2.05) is 28.8 Å². The van der Waals surface area contributed by atoms with Gasteiger partial charge in [-0.05, 0) is 48.5 Å². The van der Waals surface area contributed by atoms with Crippen LogP contribution in [0.4, 0.5) is 5.69 Å². The fourth-order valence-electron chi connectivity index (χ4n) is 3.71. The molecule has 0 N–H and O–H groups in total. The maximum Gasteiger partial charge on any atom is 0.269 e. The van der Waals surface area contributed by atoms with E-state index in [2.05, 4.69) is 10.2 Å². The molecule has 11 nitrogen and oxygen atoms in total. The molecule has 204 valence electrons. The van der Waals surface area contributed by atoms with Crippen LogP contribution in [0.1, 0.15) is 10.4 Å². The van der Waals surface area contributed by atoms with Gasteiger partial charge in [0.25, 0.3) is 5.69 Å². The molecule has 1 aromatic heterocycles. The number of nitro benzene ring substituents is 1. The number of hydrogen-bond donors (Lipinski definition) is 0. The second kappa shape index (κ2) is 13.1. The van der Waals surface area contributed by atoms with Crippen LogP contribution in [0, 0.1) is 10.1 Å². The smallest absolute Gasteiger partial charge is 0.269 e. The van der Waals surface area contributed by atoms with Crippen molar-refractivity contribution in [3.8, 4) is 40.1 Å². The van der Waals surface area contributed by atoms with Gasteiger partial charge in [-0.1, -0.05) is 11.8 Å². The van der Waals surface area contributed by atoms with Crippen molar-refractivity contribution in [3.63, 3.8) is 0 Å². The summed E-state index contributed by atoms with van der Waals surface area (Å²) in [6.45, 7) is 0. The highest BCUT2D eigenvalue weighted by Crippen LogP contribution is 2.41. The molecule has 0 aliphatic rings. The Labute approximate surface area is 239 Å². The van der Waals surface area contributed by atoms with Crippen molar-refractivity contribution >= 4 is 40.2 Å². The Bertz CT molecular complexity index is 1440. The van der Waals surface area contributed by atoms with Crippen LogP contribution in [0.5, 0.6) is 23.0 Å². The van der Waals surface area contributed by atoms with E-state index in [-0.39, 0.29) is 34.2 Å². The first-order chi connectivity index (χ1) is 18.4. The van der Waals surface area contributed by atoms with Crippen molar-refractivity contribution in [2.75, 3.05) is 34.2 Å². The number of thioether (sulfide) groups is 1. The number of halogens is 1. The average Bonchev–Trinajstić information content (AvgIpc) is 3.39. The zero-order chi connectivity index (χ0) is 27.2. The first kappa shape index (κ1) is 29.5. The van der Waals surface area contributed by atoms with Gasteiger partial charge in [0.05, 0.1) is 39.1 Å². The number of carbonyl (C=O) groups excluding carboxylic acids is 1. The highest BCUT2D eigenvalue weighted by molar-refractivity contribution is 8.93. The fraction of sp³-hybridized carbons (Fsp3) is 0.192. The summed E-state index contributed by atoms with van der Waals surface area (Å²) in [6.07, 6.45) is 0. The standard InChI is InChI=1S/C26H24N4O7S.BrH/c1-34-20-11-9-18(10-12-20)29-25(17-13-22(35-2)24(37-4)23(14-17)36-3)27-28-26(29)38-15-21(31)16-5-7-19(8-6-16)30(32)33;/h5-14H,15H2,1-4H3;1H. The van der Waals surface area contributed by atoms with Crippen LogP contribution in [0.15, 0.2) is 65.8 Å². The number of benzene rings is 3. The number of rotatable bonds is 11. The van der Waals surface area contributed by atoms with Crippen LogP contribution in [0.25, 0.3) is 17.1 Å². The Hall–Kier alpha value is -4.10. The number of carbonyl (C=O) groups is 1. The molecule has 0 spiro atoms.